The molecule has 0 atom stereocenters. The molecule has 2 aromatic heterocycles. The quantitative estimate of drug-likeness (QED) is 0.759. The molecule has 18 heavy (non-hydrogen) atoms. The summed E-state index contributed by atoms with van der Waals surface area (Å²) >= 11 is 0. The summed E-state index contributed by atoms with van der Waals surface area (Å²) in [6.45, 7) is 7.83. The summed E-state index contributed by atoms with van der Waals surface area (Å²) in [7, 11) is 0. The van der Waals surface area contributed by atoms with Gasteiger partial charge in [-0.3, -0.25) is 9.39 Å². The van der Waals surface area contributed by atoms with Crippen LogP contribution in [0.1, 0.15) is 19.5 Å². The van der Waals surface area contributed by atoms with E-state index >= 15 is 0 Å². The number of imidazole rings is 1. The number of rotatable bonds is 3. The van der Waals surface area contributed by atoms with Gasteiger partial charge in [0.15, 0.2) is 0 Å². The van der Waals surface area contributed by atoms with Crippen molar-refractivity contribution < 1.29 is 4.39 Å². The van der Waals surface area contributed by atoms with Gasteiger partial charge in [0.2, 0.25) is 0 Å². The van der Waals surface area contributed by atoms with E-state index < -0.39 is 0 Å². The SMILES string of the molecule is C=C(/N=C\C=C(C)C)c1cnc2ccc(F)cn12. The molecule has 92 valence electrons. The highest BCUT2D eigenvalue weighted by Gasteiger charge is 2.06. The molecule has 4 heteroatoms. The molecule has 0 spiro atoms. The van der Waals surface area contributed by atoms with Crippen molar-refractivity contribution in [3.63, 3.8) is 0 Å². The molecule has 0 aromatic carbocycles. The van der Waals surface area contributed by atoms with Crippen molar-refractivity contribution in [2.75, 3.05) is 0 Å². The second-order valence-corrected chi connectivity index (χ2v) is 4.19. The number of halogens is 1. The van der Waals surface area contributed by atoms with Crippen LogP contribution in [0.5, 0.6) is 0 Å². The molecule has 0 aliphatic heterocycles. The Bertz CT molecular complexity index is 646. The average Bonchev–Trinajstić information content (AvgIpc) is 2.71. The van der Waals surface area contributed by atoms with Crippen LogP contribution in [-0.2, 0) is 0 Å². The lowest BCUT2D eigenvalue weighted by Crippen LogP contribution is -1.91. The Kier molecular flexibility index (Phi) is 3.37. The van der Waals surface area contributed by atoms with Gasteiger partial charge >= 0.3 is 0 Å². The van der Waals surface area contributed by atoms with Crippen LogP contribution in [0.15, 0.2) is 47.7 Å². The summed E-state index contributed by atoms with van der Waals surface area (Å²) in [5.74, 6) is -0.317. The van der Waals surface area contributed by atoms with Crippen LogP contribution >= 0.6 is 0 Å². The lowest BCUT2D eigenvalue weighted by atomic mass is 10.3. The normalized spacial score (nSPS) is 11.1. The number of aliphatic imine (C=N–C) groups is 1. The van der Waals surface area contributed by atoms with Gasteiger partial charge in [0, 0.05) is 12.4 Å². The zero-order valence-electron chi connectivity index (χ0n) is 10.4. The Morgan fingerprint density at radius 3 is 2.94 bits per heavy atom. The fraction of sp³-hybridized carbons (Fsp3) is 0.143. The molecular weight excluding hydrogens is 229 g/mol. The monoisotopic (exact) mass is 243 g/mol. The van der Waals surface area contributed by atoms with Crippen molar-refractivity contribution in [2.45, 2.75) is 13.8 Å². The van der Waals surface area contributed by atoms with E-state index in [-0.39, 0.29) is 5.82 Å². The number of hydrogen-bond donors (Lipinski definition) is 0. The maximum absolute atomic E-state index is 13.2. The van der Waals surface area contributed by atoms with Crippen LogP contribution in [0, 0.1) is 5.82 Å². The minimum absolute atomic E-state index is 0.317. The van der Waals surface area contributed by atoms with Crippen molar-refractivity contribution in [2.24, 2.45) is 4.99 Å². The van der Waals surface area contributed by atoms with Crippen LogP contribution < -0.4 is 0 Å². The number of hydrogen-bond acceptors (Lipinski definition) is 2. The Hall–Kier alpha value is -2.23. The van der Waals surface area contributed by atoms with Gasteiger partial charge < -0.3 is 0 Å². The van der Waals surface area contributed by atoms with Crippen LogP contribution in [0.2, 0.25) is 0 Å². The van der Waals surface area contributed by atoms with Crippen molar-refractivity contribution >= 4 is 17.6 Å². The van der Waals surface area contributed by atoms with Crippen LogP contribution in [0.4, 0.5) is 4.39 Å². The van der Waals surface area contributed by atoms with Gasteiger partial charge in [-0.15, -0.1) is 0 Å². The van der Waals surface area contributed by atoms with Crippen LogP contribution in [-0.4, -0.2) is 15.6 Å². The van der Waals surface area contributed by atoms with E-state index in [2.05, 4.69) is 16.6 Å². The fourth-order valence-electron chi connectivity index (χ4n) is 1.51. The first-order valence-corrected chi connectivity index (χ1v) is 5.57. The van der Waals surface area contributed by atoms with E-state index in [1.807, 2.05) is 19.9 Å². The fourth-order valence-corrected chi connectivity index (χ4v) is 1.51. The molecule has 0 bridgehead atoms. The Morgan fingerprint density at radius 1 is 1.44 bits per heavy atom. The van der Waals surface area contributed by atoms with Gasteiger partial charge in [0.1, 0.15) is 11.5 Å². The summed E-state index contributed by atoms with van der Waals surface area (Å²) in [5.41, 5.74) is 3.05. The lowest BCUT2D eigenvalue weighted by molar-refractivity contribution is 0.619. The highest BCUT2D eigenvalue weighted by molar-refractivity contribution is 5.79. The van der Waals surface area contributed by atoms with Crippen molar-refractivity contribution in [1.82, 2.24) is 9.38 Å². The van der Waals surface area contributed by atoms with Crippen LogP contribution in [0.25, 0.3) is 11.3 Å². The first kappa shape index (κ1) is 12.2. The van der Waals surface area contributed by atoms with E-state index in [9.17, 15) is 4.39 Å². The van der Waals surface area contributed by atoms with Gasteiger partial charge in [0.05, 0.1) is 17.6 Å². The van der Waals surface area contributed by atoms with E-state index in [1.54, 1.807) is 22.9 Å². The molecule has 2 rings (SSSR count). The molecular formula is C14H14FN3. The molecule has 0 aliphatic carbocycles. The summed E-state index contributed by atoms with van der Waals surface area (Å²) in [6.07, 6.45) is 6.57. The number of fused-ring (bicyclic) bond motifs is 1. The molecule has 0 saturated carbocycles. The molecule has 2 aromatic rings. The first-order chi connectivity index (χ1) is 8.58. The molecule has 0 fully saturated rings. The Labute approximate surface area is 105 Å². The summed E-state index contributed by atoms with van der Waals surface area (Å²) in [5, 5.41) is 0. The Morgan fingerprint density at radius 2 is 2.22 bits per heavy atom. The molecule has 0 N–H and O–H groups in total. The van der Waals surface area contributed by atoms with E-state index in [4.69, 9.17) is 0 Å². The third-order valence-corrected chi connectivity index (χ3v) is 2.40. The van der Waals surface area contributed by atoms with Gasteiger partial charge in [-0.2, -0.15) is 0 Å². The predicted molar refractivity (Wildman–Crippen MR) is 72.1 cm³/mol. The maximum Gasteiger partial charge on any atom is 0.139 e. The maximum atomic E-state index is 13.2. The standard InChI is InChI=1S/C14H14FN3/c1-10(2)6-7-16-11(3)13-8-17-14-5-4-12(15)9-18(13)14/h4-9H,3H2,1-2H3/b16-7-. The highest BCUT2D eigenvalue weighted by Crippen LogP contribution is 2.16. The number of nitrogens with zero attached hydrogens (tertiary/aromatic N) is 3. The van der Waals surface area contributed by atoms with E-state index in [0.717, 1.165) is 5.57 Å². The number of aromatic nitrogens is 2. The van der Waals surface area contributed by atoms with Gasteiger partial charge in [-0.05, 0) is 32.1 Å². The number of allylic oxidation sites excluding steroid dienone is 2. The number of pyridine rings is 1. The second-order valence-electron chi connectivity index (χ2n) is 4.19. The third kappa shape index (κ3) is 2.53. The minimum Gasteiger partial charge on any atom is -0.295 e. The van der Waals surface area contributed by atoms with E-state index in [0.29, 0.717) is 17.0 Å². The van der Waals surface area contributed by atoms with Crippen molar-refractivity contribution in [1.29, 1.82) is 0 Å². The molecule has 0 saturated heterocycles. The molecule has 2 heterocycles. The molecule has 3 nitrogen and oxygen atoms in total. The van der Waals surface area contributed by atoms with Crippen molar-refractivity contribution in [3.8, 4) is 0 Å². The third-order valence-electron chi connectivity index (χ3n) is 2.40. The van der Waals surface area contributed by atoms with Gasteiger partial charge in [0.25, 0.3) is 0 Å². The Balaban J connectivity index is 2.36. The molecule has 0 radical (unpaired) electrons. The molecule has 0 amide bonds. The first-order valence-electron chi connectivity index (χ1n) is 5.57. The zero-order chi connectivity index (χ0) is 13.1. The van der Waals surface area contributed by atoms with Gasteiger partial charge in [-0.25, -0.2) is 9.37 Å². The summed E-state index contributed by atoms with van der Waals surface area (Å²) in [4.78, 5) is 8.38. The molecule has 0 aliphatic rings. The van der Waals surface area contributed by atoms with Crippen LogP contribution in [0.3, 0.4) is 0 Å². The van der Waals surface area contributed by atoms with E-state index in [1.165, 1.54) is 12.3 Å². The smallest absolute Gasteiger partial charge is 0.139 e. The highest BCUT2D eigenvalue weighted by atomic mass is 19.1. The van der Waals surface area contributed by atoms with Crippen molar-refractivity contribution in [3.05, 3.63) is 54.3 Å². The van der Waals surface area contributed by atoms with Gasteiger partial charge in [-0.1, -0.05) is 12.2 Å². The summed E-state index contributed by atoms with van der Waals surface area (Å²) < 4.78 is 14.8. The minimum atomic E-state index is -0.317. The lowest BCUT2D eigenvalue weighted by Gasteiger charge is -2.00. The molecule has 0 unspecified atom stereocenters. The average molecular weight is 243 g/mol. The predicted octanol–water partition coefficient (Wildman–Crippen LogP) is 3.48. The topological polar surface area (TPSA) is 29.7 Å². The second kappa shape index (κ2) is 4.96. The summed E-state index contributed by atoms with van der Waals surface area (Å²) in [6, 6.07) is 2.99. The zero-order valence-corrected chi connectivity index (χ0v) is 10.4. The largest absolute Gasteiger partial charge is 0.295 e.